The van der Waals surface area contributed by atoms with E-state index in [-0.39, 0.29) is 11.0 Å². The number of nitro benzene ring substituents is 1. The maximum atomic E-state index is 10.7. The first-order valence-electron chi connectivity index (χ1n) is 3.05. The average Bonchev–Trinajstić information content (AvgIpc) is 2.04. The van der Waals surface area contributed by atoms with Gasteiger partial charge in [-0.2, -0.15) is 0 Å². The molecule has 1 rings (SSSR count). The van der Waals surface area contributed by atoms with Gasteiger partial charge in [-0.1, -0.05) is 12.1 Å². The summed E-state index contributed by atoms with van der Waals surface area (Å²) in [6.07, 6.45) is 0. The molecule has 1 N–H and O–H groups in total. The molecule has 1 atom stereocenters. The molecule has 1 aromatic carbocycles. The van der Waals surface area contributed by atoms with E-state index < -0.39 is 12.9 Å². The van der Waals surface area contributed by atoms with Gasteiger partial charge in [-0.25, -0.2) is 0 Å². The fourth-order valence-electron chi connectivity index (χ4n) is 0.790. The van der Waals surface area contributed by atoms with E-state index in [9.17, 15) is 15.0 Å². The highest BCUT2D eigenvalue weighted by molar-refractivity contribution is 7.47. The Morgan fingerprint density at radius 3 is 2.42 bits per heavy atom. The first-order valence-corrected chi connectivity index (χ1v) is 4.31. The molecule has 0 aliphatic rings. The maximum Gasteiger partial charge on any atom is 0.320 e. The molecule has 0 bridgehead atoms. The Balaban J connectivity index is 3.27. The number of benzene rings is 1. The first kappa shape index (κ1) is 8.77. The van der Waals surface area contributed by atoms with E-state index in [1.54, 1.807) is 0 Å². The van der Waals surface area contributed by atoms with Crippen molar-refractivity contribution in [2.24, 2.45) is 0 Å². The molecule has 0 fully saturated rings. The smallest absolute Gasteiger partial charge is 0.320 e. The third-order valence-corrected chi connectivity index (χ3v) is 2.11. The van der Waals surface area contributed by atoms with E-state index in [1.165, 1.54) is 24.3 Å². The lowest BCUT2D eigenvalue weighted by Crippen LogP contribution is -2.09. The summed E-state index contributed by atoms with van der Waals surface area (Å²) in [6.45, 7) is 0. The van der Waals surface area contributed by atoms with Gasteiger partial charge in [0.1, 0.15) is 0 Å². The molecule has 0 aliphatic carbocycles. The molecule has 1 unspecified atom stereocenters. The van der Waals surface area contributed by atoms with Crippen molar-refractivity contribution in [3.8, 4) is 0 Å². The summed E-state index contributed by atoms with van der Waals surface area (Å²) in [4.78, 5) is 20.4. The minimum Gasteiger partial charge on any atom is -0.607 e. The van der Waals surface area contributed by atoms with Crippen LogP contribution in [0.15, 0.2) is 24.3 Å². The molecular weight excluding hydrogens is 179 g/mol. The number of hydrogen-bond acceptors (Lipinski definition) is 4. The van der Waals surface area contributed by atoms with Gasteiger partial charge in [0.05, 0.1) is 4.92 Å². The maximum absolute atomic E-state index is 10.7. The second kappa shape index (κ2) is 3.38. The number of rotatable bonds is 2. The third-order valence-electron chi connectivity index (χ3n) is 1.30. The molecule has 0 spiro atoms. The van der Waals surface area contributed by atoms with Crippen LogP contribution in [0.1, 0.15) is 0 Å². The van der Waals surface area contributed by atoms with Crippen LogP contribution in [0, 0.1) is 15.3 Å². The number of para-hydroxylation sites is 1. The van der Waals surface area contributed by atoms with Gasteiger partial charge in [0.25, 0.3) is 0 Å². The first-order chi connectivity index (χ1) is 5.63. The van der Waals surface area contributed by atoms with Gasteiger partial charge in [-0.3, -0.25) is 10.1 Å². The quantitative estimate of drug-likeness (QED) is 0.417. The zero-order chi connectivity index (χ0) is 9.14. The van der Waals surface area contributed by atoms with Crippen molar-refractivity contribution in [1.29, 1.82) is 5.16 Å². The fourth-order valence-corrected chi connectivity index (χ4v) is 1.38. The molecule has 6 heteroatoms. The topological polar surface area (TPSA) is 90.0 Å². The van der Waals surface area contributed by atoms with Gasteiger partial charge >= 0.3 is 5.69 Å². The van der Waals surface area contributed by atoms with Crippen molar-refractivity contribution >= 4 is 18.9 Å². The van der Waals surface area contributed by atoms with Crippen LogP contribution in [-0.4, -0.2) is 4.92 Å². The minimum atomic E-state index is -2.39. The van der Waals surface area contributed by atoms with E-state index in [1.807, 2.05) is 0 Å². The van der Waals surface area contributed by atoms with E-state index in [0.717, 1.165) is 0 Å². The van der Waals surface area contributed by atoms with Gasteiger partial charge in [-0.05, 0) is 6.07 Å². The Kier molecular flexibility index (Phi) is 2.47. The van der Waals surface area contributed by atoms with Crippen LogP contribution in [-0.2, 0) is 0 Å². The zero-order valence-electron chi connectivity index (χ0n) is 5.93. The van der Waals surface area contributed by atoms with Gasteiger partial charge in [0.15, 0.2) is 0 Å². The van der Waals surface area contributed by atoms with Crippen molar-refractivity contribution in [2.75, 3.05) is 0 Å². The van der Waals surface area contributed by atoms with Crippen LogP contribution in [0.3, 0.4) is 0 Å². The van der Waals surface area contributed by atoms with E-state index >= 15 is 0 Å². The normalized spacial score (nSPS) is 10.9. The molecule has 0 amide bonds. The predicted molar refractivity (Wildman–Crippen MR) is 42.4 cm³/mol. The second-order valence-corrected chi connectivity index (χ2v) is 3.11. The number of nitro groups is 1. The van der Waals surface area contributed by atoms with Crippen molar-refractivity contribution in [1.82, 2.24) is 0 Å². The number of nitrogens with zero attached hydrogens (tertiary/aromatic N) is 1. The summed E-state index contributed by atoms with van der Waals surface area (Å²) >= 11 is 0. The summed E-state index contributed by atoms with van der Waals surface area (Å²) in [5, 5.41) is 17.1. The summed E-state index contributed by atoms with van der Waals surface area (Å²) in [5.41, 5.74) is -0.256. The molecule has 1 aromatic rings. The van der Waals surface area contributed by atoms with Gasteiger partial charge in [-0.15, -0.1) is 5.16 Å². The lowest BCUT2D eigenvalue weighted by atomic mass is 10.3. The lowest BCUT2D eigenvalue weighted by molar-refractivity contribution is -0.383. The van der Waals surface area contributed by atoms with Gasteiger partial charge in [0.2, 0.25) is 13.2 Å². The van der Waals surface area contributed by atoms with Crippen LogP contribution in [0.4, 0.5) is 5.69 Å². The summed E-state index contributed by atoms with van der Waals surface area (Å²) < 4.78 is 0. The molecule has 0 saturated heterocycles. The van der Waals surface area contributed by atoms with Crippen LogP contribution in [0.5, 0.6) is 0 Å². The molecule has 12 heavy (non-hydrogen) atoms. The lowest BCUT2D eigenvalue weighted by Gasteiger charge is -1.94. The minimum absolute atomic E-state index is 0.0301. The fraction of sp³-hybridized carbons (Fsp3) is 0. The van der Waals surface area contributed by atoms with Crippen molar-refractivity contribution in [3.63, 3.8) is 0 Å². The largest absolute Gasteiger partial charge is 0.607 e. The molecular formula is C6H5N2O3P. The van der Waals surface area contributed by atoms with Crippen LogP contribution in [0.2, 0.25) is 0 Å². The van der Waals surface area contributed by atoms with Crippen LogP contribution in [0.25, 0.3) is 0 Å². The van der Waals surface area contributed by atoms with Crippen LogP contribution >= 0.6 is 7.94 Å². The molecule has 0 aliphatic heterocycles. The molecule has 0 radical (unpaired) electrons. The van der Waals surface area contributed by atoms with Crippen LogP contribution < -0.4 is 10.2 Å². The zero-order valence-corrected chi connectivity index (χ0v) is 6.82. The summed E-state index contributed by atoms with van der Waals surface area (Å²) in [5.74, 6) is 0. The number of hydrogen-bond donors (Lipinski definition) is 1. The SMILES string of the molecule is N=[P+]([O-])c1ccccc1[N+](=O)[O-]. The molecule has 0 heterocycles. The predicted octanol–water partition coefficient (Wildman–Crippen LogP) is 0.740. The second-order valence-electron chi connectivity index (χ2n) is 2.04. The average molecular weight is 184 g/mol. The molecule has 0 aromatic heterocycles. The van der Waals surface area contributed by atoms with E-state index in [2.05, 4.69) is 0 Å². The summed E-state index contributed by atoms with van der Waals surface area (Å²) in [6, 6.07) is 5.55. The Morgan fingerprint density at radius 2 is 2.00 bits per heavy atom. The third kappa shape index (κ3) is 1.64. The van der Waals surface area contributed by atoms with Crippen molar-refractivity contribution < 1.29 is 9.82 Å². The highest BCUT2D eigenvalue weighted by Crippen LogP contribution is 2.18. The molecule has 5 nitrogen and oxygen atoms in total. The van der Waals surface area contributed by atoms with Crippen molar-refractivity contribution in [2.45, 2.75) is 0 Å². The Hall–Kier alpha value is -1.32. The number of nitrogens with one attached hydrogen (secondary N) is 1. The molecule has 0 saturated carbocycles. The Bertz CT molecular complexity index is 306. The van der Waals surface area contributed by atoms with Gasteiger partial charge < -0.3 is 4.89 Å². The monoisotopic (exact) mass is 184 g/mol. The van der Waals surface area contributed by atoms with E-state index in [4.69, 9.17) is 5.16 Å². The summed E-state index contributed by atoms with van der Waals surface area (Å²) in [7, 11) is -2.39. The Morgan fingerprint density at radius 1 is 1.42 bits per heavy atom. The van der Waals surface area contributed by atoms with Gasteiger partial charge in [0, 0.05) is 6.07 Å². The molecule has 62 valence electrons. The van der Waals surface area contributed by atoms with E-state index in [0.29, 0.717) is 0 Å². The highest BCUT2D eigenvalue weighted by Gasteiger charge is 2.19. The Labute approximate surface area is 69.2 Å². The van der Waals surface area contributed by atoms with Crippen molar-refractivity contribution in [3.05, 3.63) is 34.4 Å². The standard InChI is InChI=1S/C6H5N2O3P/c7-12(11)6-4-2-1-3-5(6)8(9)10/h1-4,7H. The highest BCUT2D eigenvalue weighted by atomic mass is 31.1.